The second-order valence-corrected chi connectivity index (χ2v) is 6.04. The number of benzene rings is 1. The summed E-state index contributed by atoms with van der Waals surface area (Å²) in [6, 6.07) is 9.71. The molecule has 0 saturated heterocycles. The molecule has 1 aromatic carbocycles. The first-order chi connectivity index (χ1) is 9.49. The molecule has 2 aromatic rings. The van der Waals surface area contributed by atoms with E-state index in [-0.39, 0.29) is 6.04 Å². The zero-order valence-electron chi connectivity index (χ0n) is 11.9. The van der Waals surface area contributed by atoms with Crippen LogP contribution in [0.25, 0.3) is 0 Å². The summed E-state index contributed by atoms with van der Waals surface area (Å²) >= 11 is 3.50. The first kappa shape index (κ1) is 15.0. The Morgan fingerprint density at radius 1 is 1.15 bits per heavy atom. The minimum atomic E-state index is -0.114. The molecule has 0 aliphatic carbocycles. The molecule has 0 aliphatic heterocycles. The van der Waals surface area contributed by atoms with Gasteiger partial charge < -0.3 is 10.5 Å². The average Bonchev–Trinajstić information content (AvgIpc) is 2.41. The van der Waals surface area contributed by atoms with Gasteiger partial charge in [-0.25, -0.2) is 4.98 Å². The molecule has 0 unspecified atom stereocenters. The van der Waals surface area contributed by atoms with Crippen LogP contribution in [0.5, 0.6) is 11.6 Å². The lowest BCUT2D eigenvalue weighted by Crippen LogP contribution is -2.08. The van der Waals surface area contributed by atoms with Crippen LogP contribution in [0.3, 0.4) is 0 Å². The van der Waals surface area contributed by atoms with Crippen LogP contribution >= 0.6 is 15.9 Å². The van der Waals surface area contributed by atoms with E-state index in [0.29, 0.717) is 11.8 Å². The number of ether oxygens (including phenoxy) is 1. The quantitative estimate of drug-likeness (QED) is 0.875. The number of hydrogen-bond donors (Lipinski definition) is 1. The standard InChI is InChI=1S/C16H19BrN2O/c1-10(2)14-9-12(17)6-7-15(14)20-16-13(11(3)18)5-4-8-19-16/h4-11H,18H2,1-3H3/t11-/m0/s1. The Balaban J connectivity index is 2.40. The molecule has 2 rings (SSSR count). The highest BCUT2D eigenvalue weighted by Crippen LogP contribution is 2.34. The van der Waals surface area contributed by atoms with Gasteiger partial charge in [0.25, 0.3) is 0 Å². The molecule has 1 atom stereocenters. The maximum absolute atomic E-state index is 6.01. The lowest BCUT2D eigenvalue weighted by atomic mass is 10.0. The lowest BCUT2D eigenvalue weighted by molar-refractivity contribution is 0.444. The molecule has 0 fully saturated rings. The Morgan fingerprint density at radius 3 is 2.55 bits per heavy atom. The summed E-state index contributed by atoms with van der Waals surface area (Å²) in [7, 11) is 0. The number of aromatic nitrogens is 1. The molecule has 0 aliphatic rings. The third-order valence-electron chi connectivity index (χ3n) is 3.09. The molecule has 1 heterocycles. The Morgan fingerprint density at radius 2 is 1.90 bits per heavy atom. The molecule has 2 N–H and O–H groups in total. The van der Waals surface area contributed by atoms with Crippen LogP contribution in [0.4, 0.5) is 0 Å². The molecule has 3 nitrogen and oxygen atoms in total. The predicted octanol–water partition coefficient (Wildman–Crippen LogP) is 4.78. The lowest BCUT2D eigenvalue weighted by Gasteiger charge is -2.16. The minimum Gasteiger partial charge on any atom is -0.438 e. The number of halogens is 1. The highest BCUT2D eigenvalue weighted by molar-refractivity contribution is 9.10. The third kappa shape index (κ3) is 3.38. The van der Waals surface area contributed by atoms with Gasteiger partial charge in [0.15, 0.2) is 0 Å². The van der Waals surface area contributed by atoms with Crippen molar-refractivity contribution in [1.82, 2.24) is 4.98 Å². The summed E-state index contributed by atoms with van der Waals surface area (Å²) in [4.78, 5) is 4.30. The van der Waals surface area contributed by atoms with Crippen molar-refractivity contribution in [2.75, 3.05) is 0 Å². The van der Waals surface area contributed by atoms with Crippen molar-refractivity contribution in [3.05, 3.63) is 52.1 Å². The predicted molar refractivity (Wildman–Crippen MR) is 85.1 cm³/mol. The molecule has 0 amide bonds. The van der Waals surface area contributed by atoms with E-state index in [0.717, 1.165) is 21.3 Å². The highest BCUT2D eigenvalue weighted by atomic mass is 79.9. The average molecular weight is 335 g/mol. The Kier molecular flexibility index (Phi) is 4.78. The fourth-order valence-corrected chi connectivity index (χ4v) is 2.38. The van der Waals surface area contributed by atoms with E-state index in [9.17, 15) is 0 Å². The van der Waals surface area contributed by atoms with Gasteiger partial charge in [0, 0.05) is 22.3 Å². The van der Waals surface area contributed by atoms with E-state index in [4.69, 9.17) is 10.5 Å². The summed E-state index contributed by atoms with van der Waals surface area (Å²) in [5.41, 5.74) is 8.01. The van der Waals surface area contributed by atoms with Gasteiger partial charge in [-0.1, -0.05) is 35.8 Å². The molecule has 0 radical (unpaired) electrons. The van der Waals surface area contributed by atoms with Crippen LogP contribution < -0.4 is 10.5 Å². The van der Waals surface area contributed by atoms with Crippen molar-refractivity contribution in [3.63, 3.8) is 0 Å². The maximum atomic E-state index is 6.01. The van der Waals surface area contributed by atoms with Gasteiger partial charge in [-0.05, 0) is 42.7 Å². The first-order valence-electron chi connectivity index (χ1n) is 6.67. The van der Waals surface area contributed by atoms with Crippen LogP contribution in [0.2, 0.25) is 0 Å². The van der Waals surface area contributed by atoms with Gasteiger partial charge in [-0.3, -0.25) is 0 Å². The molecule has 0 spiro atoms. The molecule has 4 heteroatoms. The molecule has 1 aromatic heterocycles. The molecular weight excluding hydrogens is 316 g/mol. The zero-order valence-corrected chi connectivity index (χ0v) is 13.5. The highest BCUT2D eigenvalue weighted by Gasteiger charge is 2.14. The van der Waals surface area contributed by atoms with Gasteiger partial charge in [0.2, 0.25) is 5.88 Å². The largest absolute Gasteiger partial charge is 0.438 e. The number of hydrogen-bond acceptors (Lipinski definition) is 3. The smallest absolute Gasteiger partial charge is 0.223 e. The van der Waals surface area contributed by atoms with Gasteiger partial charge in [-0.15, -0.1) is 0 Å². The van der Waals surface area contributed by atoms with E-state index in [2.05, 4.69) is 40.8 Å². The molecule has 0 bridgehead atoms. The van der Waals surface area contributed by atoms with Crippen LogP contribution in [0, 0.1) is 0 Å². The monoisotopic (exact) mass is 334 g/mol. The van der Waals surface area contributed by atoms with E-state index in [1.165, 1.54) is 0 Å². The SMILES string of the molecule is CC(C)c1cc(Br)ccc1Oc1ncccc1[C@H](C)N. The summed E-state index contributed by atoms with van der Waals surface area (Å²) in [6.45, 7) is 6.20. The molecule has 0 saturated carbocycles. The number of pyridine rings is 1. The van der Waals surface area contributed by atoms with Crippen LogP contribution in [0.1, 0.15) is 43.9 Å². The van der Waals surface area contributed by atoms with Crippen LogP contribution in [-0.4, -0.2) is 4.98 Å². The van der Waals surface area contributed by atoms with Gasteiger partial charge in [0.1, 0.15) is 5.75 Å². The summed E-state index contributed by atoms with van der Waals surface area (Å²) in [6.07, 6.45) is 1.72. The van der Waals surface area contributed by atoms with E-state index < -0.39 is 0 Å². The summed E-state index contributed by atoms with van der Waals surface area (Å²) < 4.78 is 7.05. The second kappa shape index (κ2) is 6.37. The Labute approximate surface area is 128 Å². The van der Waals surface area contributed by atoms with Gasteiger partial charge >= 0.3 is 0 Å². The van der Waals surface area contributed by atoms with Crippen molar-refractivity contribution >= 4 is 15.9 Å². The van der Waals surface area contributed by atoms with E-state index >= 15 is 0 Å². The van der Waals surface area contributed by atoms with Crippen molar-refractivity contribution in [1.29, 1.82) is 0 Å². The second-order valence-electron chi connectivity index (χ2n) is 5.13. The van der Waals surface area contributed by atoms with Crippen LogP contribution in [-0.2, 0) is 0 Å². The van der Waals surface area contributed by atoms with Gasteiger partial charge in [-0.2, -0.15) is 0 Å². The number of rotatable bonds is 4. The zero-order chi connectivity index (χ0) is 14.7. The molecule has 20 heavy (non-hydrogen) atoms. The molecule has 106 valence electrons. The minimum absolute atomic E-state index is 0.114. The Hall–Kier alpha value is -1.39. The summed E-state index contributed by atoms with van der Waals surface area (Å²) in [5.74, 6) is 1.76. The number of nitrogens with zero attached hydrogens (tertiary/aromatic N) is 1. The fraction of sp³-hybridized carbons (Fsp3) is 0.312. The van der Waals surface area contributed by atoms with Crippen molar-refractivity contribution < 1.29 is 4.74 Å². The van der Waals surface area contributed by atoms with Gasteiger partial charge in [0.05, 0.1) is 0 Å². The van der Waals surface area contributed by atoms with E-state index in [1.807, 2.05) is 31.2 Å². The normalized spacial score (nSPS) is 12.5. The van der Waals surface area contributed by atoms with Crippen molar-refractivity contribution in [3.8, 4) is 11.6 Å². The number of nitrogens with two attached hydrogens (primary N) is 1. The van der Waals surface area contributed by atoms with E-state index in [1.54, 1.807) is 6.20 Å². The fourth-order valence-electron chi connectivity index (χ4n) is 2.00. The topological polar surface area (TPSA) is 48.1 Å². The summed E-state index contributed by atoms with van der Waals surface area (Å²) in [5, 5.41) is 0. The van der Waals surface area contributed by atoms with Crippen molar-refractivity contribution in [2.24, 2.45) is 5.73 Å². The van der Waals surface area contributed by atoms with Crippen LogP contribution in [0.15, 0.2) is 41.0 Å². The third-order valence-corrected chi connectivity index (χ3v) is 3.58. The maximum Gasteiger partial charge on any atom is 0.223 e. The first-order valence-corrected chi connectivity index (χ1v) is 7.46. The van der Waals surface area contributed by atoms with Crippen molar-refractivity contribution in [2.45, 2.75) is 32.7 Å². The Bertz CT molecular complexity index is 597. The molecular formula is C16H19BrN2O.